The zero-order valence-corrected chi connectivity index (χ0v) is 14.6. The van der Waals surface area contributed by atoms with E-state index in [1.165, 1.54) is 11.3 Å². The number of hydrogen-bond donors (Lipinski definition) is 1. The summed E-state index contributed by atoms with van der Waals surface area (Å²) in [5.74, 6) is 0.646. The average molecular weight is 292 g/mol. The third kappa shape index (κ3) is 6.44. The first-order chi connectivity index (χ1) is 9.93. The standard InChI is InChI=1S/C17H32N4/c1-7-18-11-16-12-19-15(4)10-17(16)21(13-14(2)3)9-8-20(5)6/h10,12,14,18H,7-9,11,13H2,1-6H3. The van der Waals surface area contributed by atoms with E-state index in [0.29, 0.717) is 5.92 Å². The van der Waals surface area contributed by atoms with E-state index >= 15 is 0 Å². The largest absolute Gasteiger partial charge is 0.370 e. The van der Waals surface area contributed by atoms with Crippen molar-refractivity contribution in [3.63, 3.8) is 0 Å². The second kappa shape index (κ2) is 9.00. The zero-order valence-electron chi connectivity index (χ0n) is 14.6. The molecule has 0 aromatic carbocycles. The molecule has 1 N–H and O–H groups in total. The zero-order chi connectivity index (χ0) is 15.8. The van der Waals surface area contributed by atoms with Crippen LogP contribution >= 0.6 is 0 Å². The molecule has 0 saturated carbocycles. The van der Waals surface area contributed by atoms with Crippen molar-refractivity contribution in [2.75, 3.05) is 45.2 Å². The van der Waals surface area contributed by atoms with Gasteiger partial charge in [-0.25, -0.2) is 0 Å². The normalized spacial score (nSPS) is 11.4. The highest BCUT2D eigenvalue weighted by atomic mass is 15.2. The SMILES string of the molecule is CCNCc1cnc(C)cc1N(CCN(C)C)CC(C)C. The number of nitrogens with zero attached hydrogens (tertiary/aromatic N) is 3. The summed E-state index contributed by atoms with van der Waals surface area (Å²) in [7, 11) is 4.26. The van der Waals surface area contributed by atoms with Crippen LogP contribution in [0.4, 0.5) is 5.69 Å². The van der Waals surface area contributed by atoms with Crippen LogP contribution in [0.2, 0.25) is 0 Å². The van der Waals surface area contributed by atoms with Crippen LogP contribution < -0.4 is 10.2 Å². The van der Waals surface area contributed by atoms with Gasteiger partial charge in [0.25, 0.3) is 0 Å². The van der Waals surface area contributed by atoms with Crippen molar-refractivity contribution in [1.82, 2.24) is 15.2 Å². The molecule has 0 radical (unpaired) electrons. The Hall–Kier alpha value is -1.13. The fourth-order valence-electron chi connectivity index (χ4n) is 2.34. The van der Waals surface area contributed by atoms with Crippen LogP contribution in [0.15, 0.2) is 12.3 Å². The molecule has 120 valence electrons. The third-order valence-electron chi connectivity index (χ3n) is 3.41. The fraction of sp³-hybridized carbons (Fsp3) is 0.706. The lowest BCUT2D eigenvalue weighted by Crippen LogP contribution is -2.35. The molecule has 1 rings (SSSR count). The van der Waals surface area contributed by atoms with Crippen LogP contribution in [0.3, 0.4) is 0 Å². The Morgan fingerprint density at radius 2 is 1.95 bits per heavy atom. The van der Waals surface area contributed by atoms with Crippen LogP contribution in [-0.2, 0) is 6.54 Å². The van der Waals surface area contributed by atoms with Gasteiger partial charge in [0.1, 0.15) is 0 Å². The maximum Gasteiger partial charge on any atom is 0.0446 e. The topological polar surface area (TPSA) is 31.4 Å². The predicted molar refractivity (Wildman–Crippen MR) is 92.0 cm³/mol. The van der Waals surface area contributed by atoms with Gasteiger partial charge < -0.3 is 15.1 Å². The van der Waals surface area contributed by atoms with Gasteiger partial charge >= 0.3 is 0 Å². The minimum absolute atomic E-state index is 0.646. The Balaban J connectivity index is 2.99. The number of hydrogen-bond acceptors (Lipinski definition) is 4. The van der Waals surface area contributed by atoms with E-state index in [9.17, 15) is 0 Å². The van der Waals surface area contributed by atoms with Gasteiger partial charge in [-0.2, -0.15) is 0 Å². The molecule has 0 aliphatic heterocycles. The van der Waals surface area contributed by atoms with Crippen molar-refractivity contribution in [2.45, 2.75) is 34.2 Å². The van der Waals surface area contributed by atoms with Crippen LogP contribution in [0.25, 0.3) is 0 Å². The molecule has 21 heavy (non-hydrogen) atoms. The van der Waals surface area contributed by atoms with Crippen molar-refractivity contribution < 1.29 is 0 Å². The summed E-state index contributed by atoms with van der Waals surface area (Å²) in [5.41, 5.74) is 3.71. The molecule has 1 heterocycles. The quantitative estimate of drug-likeness (QED) is 0.758. The van der Waals surface area contributed by atoms with Gasteiger partial charge in [-0.05, 0) is 39.5 Å². The lowest BCUT2D eigenvalue weighted by Gasteiger charge is -2.30. The lowest BCUT2D eigenvalue weighted by atomic mass is 10.1. The molecule has 0 aliphatic carbocycles. The maximum atomic E-state index is 4.47. The number of anilines is 1. The number of aromatic nitrogens is 1. The summed E-state index contributed by atoms with van der Waals surface area (Å²) in [6, 6.07) is 2.23. The smallest absolute Gasteiger partial charge is 0.0446 e. The van der Waals surface area contributed by atoms with Crippen molar-refractivity contribution in [3.8, 4) is 0 Å². The van der Waals surface area contributed by atoms with Crippen molar-refractivity contribution in [2.24, 2.45) is 5.92 Å². The molecule has 0 amide bonds. The highest BCUT2D eigenvalue weighted by Gasteiger charge is 2.14. The summed E-state index contributed by atoms with van der Waals surface area (Å²) >= 11 is 0. The molecular weight excluding hydrogens is 260 g/mol. The molecule has 0 unspecified atom stereocenters. The van der Waals surface area contributed by atoms with Gasteiger partial charge in [0, 0.05) is 49.3 Å². The molecule has 0 aliphatic rings. The van der Waals surface area contributed by atoms with Crippen LogP contribution in [-0.4, -0.2) is 50.2 Å². The van der Waals surface area contributed by atoms with Crippen molar-refractivity contribution in [1.29, 1.82) is 0 Å². The Bertz CT molecular complexity index is 415. The second-order valence-corrected chi connectivity index (χ2v) is 6.38. The van der Waals surface area contributed by atoms with Gasteiger partial charge in [-0.15, -0.1) is 0 Å². The van der Waals surface area contributed by atoms with E-state index in [0.717, 1.165) is 38.4 Å². The number of aryl methyl sites for hydroxylation is 1. The summed E-state index contributed by atoms with van der Waals surface area (Å²) in [4.78, 5) is 9.22. The monoisotopic (exact) mass is 292 g/mol. The summed E-state index contributed by atoms with van der Waals surface area (Å²) in [6.07, 6.45) is 2.02. The minimum Gasteiger partial charge on any atom is -0.370 e. The molecule has 0 atom stereocenters. The lowest BCUT2D eigenvalue weighted by molar-refractivity contribution is 0.408. The first kappa shape index (κ1) is 17.9. The Labute approximate surface area is 130 Å². The molecular formula is C17H32N4. The van der Waals surface area contributed by atoms with E-state index in [2.05, 4.69) is 68.0 Å². The van der Waals surface area contributed by atoms with Crippen molar-refractivity contribution in [3.05, 3.63) is 23.5 Å². The van der Waals surface area contributed by atoms with Crippen LogP contribution in [0, 0.1) is 12.8 Å². The Morgan fingerprint density at radius 1 is 1.24 bits per heavy atom. The van der Waals surface area contributed by atoms with Gasteiger partial charge in [-0.1, -0.05) is 20.8 Å². The van der Waals surface area contributed by atoms with E-state index in [4.69, 9.17) is 0 Å². The van der Waals surface area contributed by atoms with E-state index in [1.807, 2.05) is 6.20 Å². The van der Waals surface area contributed by atoms with Crippen molar-refractivity contribution >= 4 is 5.69 Å². The molecule has 0 saturated heterocycles. The number of rotatable bonds is 9. The first-order valence-electron chi connectivity index (χ1n) is 8.00. The van der Waals surface area contributed by atoms with Gasteiger partial charge in [0.05, 0.1) is 0 Å². The summed E-state index contributed by atoms with van der Waals surface area (Å²) in [5, 5.41) is 3.42. The number of likely N-dealkylation sites (N-methyl/N-ethyl adjacent to an activating group) is 1. The molecule has 4 nitrogen and oxygen atoms in total. The van der Waals surface area contributed by atoms with Gasteiger partial charge in [0.2, 0.25) is 0 Å². The first-order valence-corrected chi connectivity index (χ1v) is 8.00. The summed E-state index contributed by atoms with van der Waals surface area (Å²) < 4.78 is 0. The van der Waals surface area contributed by atoms with Gasteiger partial charge in [0.15, 0.2) is 0 Å². The fourth-order valence-corrected chi connectivity index (χ4v) is 2.34. The minimum atomic E-state index is 0.646. The molecule has 0 fully saturated rings. The van der Waals surface area contributed by atoms with Crippen LogP contribution in [0.1, 0.15) is 32.0 Å². The number of nitrogens with one attached hydrogen (secondary N) is 1. The molecule has 1 aromatic heterocycles. The highest BCUT2D eigenvalue weighted by molar-refractivity contribution is 5.53. The van der Waals surface area contributed by atoms with E-state index < -0.39 is 0 Å². The predicted octanol–water partition coefficient (Wildman–Crippen LogP) is 2.52. The van der Waals surface area contributed by atoms with E-state index in [-0.39, 0.29) is 0 Å². The third-order valence-corrected chi connectivity index (χ3v) is 3.41. The number of pyridine rings is 1. The Morgan fingerprint density at radius 3 is 2.52 bits per heavy atom. The van der Waals surface area contributed by atoms with E-state index in [1.54, 1.807) is 0 Å². The Kier molecular flexibility index (Phi) is 7.68. The molecule has 1 aromatic rings. The molecule has 4 heteroatoms. The summed E-state index contributed by atoms with van der Waals surface area (Å²) in [6.45, 7) is 13.8. The second-order valence-electron chi connectivity index (χ2n) is 6.38. The highest BCUT2D eigenvalue weighted by Crippen LogP contribution is 2.22. The van der Waals surface area contributed by atoms with Crippen LogP contribution in [0.5, 0.6) is 0 Å². The van der Waals surface area contributed by atoms with Gasteiger partial charge in [-0.3, -0.25) is 4.98 Å². The molecule has 0 spiro atoms. The average Bonchev–Trinajstić information content (AvgIpc) is 2.41. The molecule has 0 bridgehead atoms. The maximum absolute atomic E-state index is 4.47.